The van der Waals surface area contributed by atoms with Crippen LogP contribution in [0.15, 0.2) is 53.4 Å². The van der Waals surface area contributed by atoms with Crippen LogP contribution in [0.3, 0.4) is 0 Å². The van der Waals surface area contributed by atoms with Gasteiger partial charge in [0.05, 0.1) is 15.3 Å². The first-order valence-corrected chi connectivity index (χ1v) is 12.7. The maximum atomic E-state index is 11.8. The number of aromatic nitrogens is 1. The van der Waals surface area contributed by atoms with Gasteiger partial charge in [-0.25, -0.2) is 4.98 Å². The van der Waals surface area contributed by atoms with Crippen LogP contribution in [0, 0.1) is 17.0 Å². The quantitative estimate of drug-likeness (QED) is 0.216. The van der Waals surface area contributed by atoms with E-state index >= 15 is 0 Å². The molecule has 184 valence electrons. The average Bonchev–Trinajstić information content (AvgIpc) is 2.82. The Labute approximate surface area is 203 Å². The molecule has 10 nitrogen and oxygen atoms in total. The van der Waals surface area contributed by atoms with E-state index in [-0.39, 0.29) is 16.6 Å². The highest BCUT2D eigenvalue weighted by Crippen LogP contribution is 2.27. The van der Waals surface area contributed by atoms with Crippen LogP contribution < -0.4 is 4.90 Å². The summed E-state index contributed by atoms with van der Waals surface area (Å²) < 4.78 is 33.1. The molecule has 2 heterocycles. The number of nitrogens with zero attached hydrogens (tertiary/aromatic N) is 4. The summed E-state index contributed by atoms with van der Waals surface area (Å²) in [5.41, 5.74) is 2.11. The summed E-state index contributed by atoms with van der Waals surface area (Å²) in [6.07, 6.45) is 2.59. The van der Waals surface area contributed by atoms with Gasteiger partial charge in [0.15, 0.2) is 0 Å². The lowest BCUT2D eigenvalue weighted by molar-refractivity contribution is -0.384. The highest BCUT2D eigenvalue weighted by atomic mass is 32.2. The normalized spacial score (nSPS) is 16.5. The monoisotopic (exact) mass is 498 g/mol. The molecule has 1 saturated heterocycles. The molecule has 1 aromatic heterocycles. The van der Waals surface area contributed by atoms with E-state index in [0.29, 0.717) is 55.4 Å². The Morgan fingerprint density at radius 1 is 1.17 bits per heavy atom. The molecule has 1 N–H and O–H groups in total. The van der Waals surface area contributed by atoms with Crippen molar-refractivity contribution in [1.29, 1.82) is 0 Å². The van der Waals surface area contributed by atoms with Crippen molar-refractivity contribution >= 4 is 38.9 Å². The molecule has 1 aliphatic rings. The summed E-state index contributed by atoms with van der Waals surface area (Å²) in [5.74, 6) is 0.719. The van der Waals surface area contributed by atoms with Gasteiger partial charge in [-0.2, -0.15) is 8.42 Å². The summed E-state index contributed by atoms with van der Waals surface area (Å²) in [5, 5.41) is 11.7. The Morgan fingerprint density at radius 3 is 2.69 bits per heavy atom. The molecule has 11 heteroatoms. The predicted molar refractivity (Wildman–Crippen MR) is 131 cm³/mol. The molecule has 0 bridgehead atoms. The Hall–Kier alpha value is -3.57. The summed E-state index contributed by atoms with van der Waals surface area (Å²) in [7, 11) is -4.32. The standard InChI is InChI=1S/C24H26N4O6S/c1-17-5-9-23(35(32,33)34)19(13-17)3-2-4-21-15-26(16-29)11-12-27(21)24-10-6-18-14-20(28(30)31)7-8-22(18)25-24/h5-10,13-14,16,21H,2-4,11-12,15H2,1H3,(H,32,33,34). The first kappa shape index (κ1) is 24.6. The number of fused-ring (bicyclic) bond motifs is 1. The molecule has 4 rings (SSSR count). The van der Waals surface area contributed by atoms with Crippen molar-refractivity contribution in [3.05, 3.63) is 69.8 Å². The van der Waals surface area contributed by atoms with E-state index < -0.39 is 15.0 Å². The largest absolute Gasteiger partial charge is 0.350 e. The van der Waals surface area contributed by atoms with Gasteiger partial charge in [0, 0.05) is 43.2 Å². The third-order valence-corrected chi connectivity index (χ3v) is 7.26. The topological polar surface area (TPSA) is 134 Å². The van der Waals surface area contributed by atoms with Crippen molar-refractivity contribution in [2.75, 3.05) is 24.5 Å². The molecule has 3 aromatic rings. The van der Waals surface area contributed by atoms with Crippen LogP contribution in [-0.2, 0) is 21.3 Å². The van der Waals surface area contributed by atoms with E-state index in [1.165, 1.54) is 18.2 Å². The van der Waals surface area contributed by atoms with Crippen molar-refractivity contribution < 1.29 is 22.7 Å². The lowest BCUT2D eigenvalue weighted by Crippen LogP contribution is -2.53. The zero-order valence-corrected chi connectivity index (χ0v) is 20.0. The van der Waals surface area contributed by atoms with Gasteiger partial charge < -0.3 is 9.80 Å². The van der Waals surface area contributed by atoms with Gasteiger partial charge in [0.2, 0.25) is 6.41 Å². The number of benzene rings is 2. The van der Waals surface area contributed by atoms with Gasteiger partial charge in [-0.3, -0.25) is 19.5 Å². The maximum Gasteiger partial charge on any atom is 0.294 e. The van der Waals surface area contributed by atoms with Crippen molar-refractivity contribution in [3.63, 3.8) is 0 Å². The molecule has 0 spiro atoms. The van der Waals surface area contributed by atoms with Gasteiger partial charge in [0.1, 0.15) is 5.82 Å². The van der Waals surface area contributed by atoms with Crippen molar-refractivity contribution in [2.24, 2.45) is 0 Å². The Kier molecular flexibility index (Phi) is 6.99. The fourth-order valence-electron chi connectivity index (χ4n) is 4.58. The second-order valence-corrected chi connectivity index (χ2v) is 10.1. The van der Waals surface area contributed by atoms with E-state index in [4.69, 9.17) is 4.98 Å². The Bertz CT molecular complexity index is 1380. The summed E-state index contributed by atoms with van der Waals surface area (Å²) >= 11 is 0. The number of carbonyl (C=O) groups excluding carboxylic acids is 1. The summed E-state index contributed by atoms with van der Waals surface area (Å²) in [4.78, 5) is 30.5. The van der Waals surface area contributed by atoms with E-state index in [1.54, 1.807) is 29.2 Å². The number of amides is 1. The number of pyridine rings is 1. The number of anilines is 1. The zero-order chi connectivity index (χ0) is 25.2. The summed E-state index contributed by atoms with van der Waals surface area (Å²) in [6.45, 7) is 3.49. The van der Waals surface area contributed by atoms with Crippen molar-refractivity contribution in [2.45, 2.75) is 37.1 Å². The predicted octanol–water partition coefficient (Wildman–Crippen LogP) is 3.37. The third-order valence-electron chi connectivity index (χ3n) is 6.30. The number of piperazine rings is 1. The molecule has 1 aliphatic heterocycles. The van der Waals surface area contributed by atoms with Gasteiger partial charge in [-0.1, -0.05) is 17.7 Å². The van der Waals surface area contributed by atoms with E-state index in [0.717, 1.165) is 17.8 Å². The average molecular weight is 499 g/mol. The molecule has 2 aromatic carbocycles. The van der Waals surface area contributed by atoms with Crippen molar-refractivity contribution in [3.8, 4) is 0 Å². The van der Waals surface area contributed by atoms with Crippen LogP contribution in [-0.4, -0.2) is 59.9 Å². The molecule has 0 radical (unpaired) electrons. The van der Waals surface area contributed by atoms with Crippen LogP contribution >= 0.6 is 0 Å². The molecule has 1 atom stereocenters. The fraction of sp³-hybridized carbons (Fsp3) is 0.333. The number of carbonyl (C=O) groups is 1. The highest BCUT2D eigenvalue weighted by Gasteiger charge is 2.27. The van der Waals surface area contributed by atoms with E-state index in [2.05, 4.69) is 4.90 Å². The Morgan fingerprint density at radius 2 is 1.97 bits per heavy atom. The lowest BCUT2D eigenvalue weighted by atomic mass is 10.0. The molecular weight excluding hydrogens is 472 g/mol. The third kappa shape index (κ3) is 5.57. The van der Waals surface area contributed by atoms with Crippen LogP contribution in [0.2, 0.25) is 0 Å². The molecule has 35 heavy (non-hydrogen) atoms. The molecule has 1 fully saturated rings. The van der Waals surface area contributed by atoms with Gasteiger partial charge in [-0.15, -0.1) is 0 Å². The van der Waals surface area contributed by atoms with Crippen LogP contribution in [0.25, 0.3) is 10.9 Å². The molecular formula is C24H26N4O6S. The zero-order valence-electron chi connectivity index (χ0n) is 19.2. The number of hydrogen-bond acceptors (Lipinski definition) is 7. The number of hydrogen-bond donors (Lipinski definition) is 1. The van der Waals surface area contributed by atoms with Crippen LogP contribution in [0.5, 0.6) is 0 Å². The second kappa shape index (κ2) is 9.96. The van der Waals surface area contributed by atoms with Gasteiger partial charge >= 0.3 is 0 Å². The highest BCUT2D eigenvalue weighted by molar-refractivity contribution is 7.85. The summed E-state index contributed by atoms with van der Waals surface area (Å²) in [6, 6.07) is 13.0. The lowest BCUT2D eigenvalue weighted by Gasteiger charge is -2.41. The second-order valence-electron chi connectivity index (χ2n) is 8.73. The van der Waals surface area contributed by atoms with Crippen molar-refractivity contribution in [1.82, 2.24) is 9.88 Å². The Balaban J connectivity index is 1.55. The number of nitro groups is 1. The number of non-ortho nitro benzene ring substituents is 1. The van der Waals surface area contributed by atoms with E-state index in [1.807, 2.05) is 13.0 Å². The van der Waals surface area contributed by atoms with Crippen LogP contribution in [0.4, 0.5) is 11.5 Å². The SMILES string of the molecule is Cc1ccc(S(=O)(=O)O)c(CCCC2CN(C=O)CCN2c2ccc3cc([N+](=O)[O-])ccc3n2)c1. The van der Waals surface area contributed by atoms with Gasteiger partial charge in [-0.05, 0) is 56.0 Å². The number of aryl methyl sites for hydroxylation is 2. The molecule has 0 saturated carbocycles. The van der Waals surface area contributed by atoms with Crippen LogP contribution in [0.1, 0.15) is 24.0 Å². The fourth-order valence-corrected chi connectivity index (χ4v) is 5.32. The van der Waals surface area contributed by atoms with E-state index in [9.17, 15) is 27.9 Å². The first-order valence-electron chi connectivity index (χ1n) is 11.2. The maximum absolute atomic E-state index is 11.8. The van der Waals surface area contributed by atoms with Gasteiger partial charge in [0.25, 0.3) is 15.8 Å². The molecule has 1 amide bonds. The first-order chi connectivity index (χ1) is 16.7. The number of nitro benzene ring substituents is 1. The smallest absolute Gasteiger partial charge is 0.294 e. The molecule has 0 aliphatic carbocycles. The molecule has 1 unspecified atom stereocenters. The minimum atomic E-state index is -4.32. The minimum absolute atomic E-state index is 0.00457. The number of rotatable bonds is 8. The minimum Gasteiger partial charge on any atom is -0.350 e.